The molecule has 0 spiro atoms. The number of nitrogens with zero attached hydrogens (tertiary/aromatic N) is 1. The van der Waals surface area contributed by atoms with Crippen LogP contribution in [0.4, 0.5) is 5.82 Å². The second kappa shape index (κ2) is 4.14. The molecule has 1 aliphatic rings. The lowest BCUT2D eigenvalue weighted by Gasteiger charge is -2.20. The van der Waals surface area contributed by atoms with Crippen LogP contribution in [0.25, 0.3) is 10.8 Å². The van der Waals surface area contributed by atoms with Crippen LogP contribution in [0.15, 0.2) is 35.1 Å². The summed E-state index contributed by atoms with van der Waals surface area (Å²) in [6.45, 7) is 2.67. The van der Waals surface area contributed by atoms with Gasteiger partial charge in [0, 0.05) is 12.0 Å². The molecular weight excluding hydrogens is 228 g/mol. The number of nitrogens with two attached hydrogens (primary N) is 1. The van der Waals surface area contributed by atoms with Crippen LogP contribution in [-0.4, -0.2) is 17.3 Å². The van der Waals surface area contributed by atoms with Crippen molar-refractivity contribution in [1.29, 1.82) is 0 Å². The molecule has 1 fully saturated rings. The van der Waals surface area contributed by atoms with Crippen molar-refractivity contribution in [1.82, 2.24) is 4.57 Å². The molecule has 1 aromatic carbocycles. The van der Waals surface area contributed by atoms with E-state index in [0.717, 1.165) is 11.8 Å². The molecule has 2 aromatic rings. The number of fused-ring (bicyclic) bond motifs is 1. The van der Waals surface area contributed by atoms with Crippen molar-refractivity contribution >= 4 is 16.6 Å². The predicted molar refractivity (Wildman–Crippen MR) is 71.7 cm³/mol. The summed E-state index contributed by atoms with van der Waals surface area (Å²) in [6.07, 6.45) is 0.870. The summed E-state index contributed by atoms with van der Waals surface area (Å²) in [7, 11) is 0. The number of rotatable bonds is 1. The monoisotopic (exact) mass is 244 g/mol. The molecule has 1 aromatic heterocycles. The standard InChI is InChI=1S/C14H16N2O2/c1-9-12(6-7-18-9)16-13(15)8-10-4-2-3-5-11(10)14(16)17/h2-5,8-9,12H,6-7,15H2,1H3. The molecule has 0 aliphatic carbocycles. The van der Waals surface area contributed by atoms with E-state index in [-0.39, 0.29) is 17.7 Å². The summed E-state index contributed by atoms with van der Waals surface area (Å²) < 4.78 is 7.21. The molecule has 0 amide bonds. The van der Waals surface area contributed by atoms with Gasteiger partial charge in [-0.15, -0.1) is 0 Å². The number of hydrogen-bond donors (Lipinski definition) is 1. The summed E-state index contributed by atoms with van der Waals surface area (Å²) in [6, 6.07) is 9.44. The first-order valence-corrected chi connectivity index (χ1v) is 6.20. The fourth-order valence-electron chi connectivity index (χ4n) is 2.70. The maximum Gasteiger partial charge on any atom is 0.260 e. The fourth-order valence-corrected chi connectivity index (χ4v) is 2.70. The van der Waals surface area contributed by atoms with Crippen molar-refractivity contribution in [3.63, 3.8) is 0 Å². The molecule has 4 heteroatoms. The first-order valence-electron chi connectivity index (χ1n) is 6.20. The minimum absolute atomic E-state index is 0.0204. The number of pyridine rings is 1. The molecule has 0 saturated carbocycles. The van der Waals surface area contributed by atoms with E-state index in [0.29, 0.717) is 17.8 Å². The van der Waals surface area contributed by atoms with E-state index in [1.807, 2.05) is 37.3 Å². The SMILES string of the molecule is CC1OCCC1n1c(N)cc2ccccc2c1=O. The molecule has 2 N–H and O–H groups in total. The average Bonchev–Trinajstić information content (AvgIpc) is 2.76. The Hall–Kier alpha value is -1.81. The molecule has 94 valence electrons. The molecule has 2 heterocycles. The van der Waals surface area contributed by atoms with E-state index in [1.54, 1.807) is 4.57 Å². The van der Waals surface area contributed by atoms with Crippen molar-refractivity contribution in [2.75, 3.05) is 12.3 Å². The molecule has 18 heavy (non-hydrogen) atoms. The zero-order chi connectivity index (χ0) is 12.7. The molecule has 1 saturated heterocycles. The Balaban J connectivity index is 2.26. The number of ether oxygens (including phenoxy) is 1. The summed E-state index contributed by atoms with van der Waals surface area (Å²) in [5, 5.41) is 1.61. The average molecular weight is 244 g/mol. The van der Waals surface area contributed by atoms with Crippen LogP contribution in [0.3, 0.4) is 0 Å². The largest absolute Gasteiger partial charge is 0.385 e. The molecule has 2 unspecified atom stereocenters. The highest BCUT2D eigenvalue weighted by Gasteiger charge is 2.28. The van der Waals surface area contributed by atoms with Gasteiger partial charge in [-0.05, 0) is 30.9 Å². The molecule has 3 rings (SSSR count). The fraction of sp³-hybridized carbons (Fsp3) is 0.357. The van der Waals surface area contributed by atoms with Crippen LogP contribution < -0.4 is 11.3 Å². The van der Waals surface area contributed by atoms with E-state index in [9.17, 15) is 4.79 Å². The van der Waals surface area contributed by atoms with Crippen LogP contribution in [-0.2, 0) is 4.74 Å². The summed E-state index contributed by atoms with van der Waals surface area (Å²) >= 11 is 0. The maximum absolute atomic E-state index is 12.5. The summed E-state index contributed by atoms with van der Waals surface area (Å²) in [5.74, 6) is 0.515. The lowest BCUT2D eigenvalue weighted by Crippen LogP contribution is -2.30. The Morgan fingerprint density at radius 2 is 2.17 bits per heavy atom. The third-order valence-corrected chi connectivity index (χ3v) is 3.66. The Labute approximate surface area is 105 Å². The number of hydrogen-bond acceptors (Lipinski definition) is 3. The van der Waals surface area contributed by atoms with E-state index in [1.165, 1.54) is 0 Å². The van der Waals surface area contributed by atoms with Crippen molar-refractivity contribution in [3.8, 4) is 0 Å². The maximum atomic E-state index is 12.5. The van der Waals surface area contributed by atoms with Crippen LogP contribution in [0.5, 0.6) is 0 Å². The van der Waals surface area contributed by atoms with Gasteiger partial charge in [0.1, 0.15) is 5.82 Å². The lowest BCUT2D eigenvalue weighted by atomic mass is 10.1. The number of nitrogen functional groups attached to an aromatic ring is 1. The zero-order valence-corrected chi connectivity index (χ0v) is 10.3. The first-order chi connectivity index (χ1) is 8.68. The van der Waals surface area contributed by atoms with Crippen molar-refractivity contribution < 1.29 is 4.74 Å². The summed E-state index contributed by atoms with van der Waals surface area (Å²) in [4.78, 5) is 12.5. The van der Waals surface area contributed by atoms with Crippen molar-refractivity contribution in [2.24, 2.45) is 0 Å². The second-order valence-electron chi connectivity index (χ2n) is 4.76. The predicted octanol–water partition coefficient (Wildman–Crippen LogP) is 1.93. The normalized spacial score (nSPS) is 23.6. The van der Waals surface area contributed by atoms with Crippen molar-refractivity contribution in [3.05, 3.63) is 40.7 Å². The van der Waals surface area contributed by atoms with Gasteiger partial charge in [0.25, 0.3) is 5.56 Å². The van der Waals surface area contributed by atoms with E-state index >= 15 is 0 Å². The van der Waals surface area contributed by atoms with Gasteiger partial charge in [-0.25, -0.2) is 0 Å². The third-order valence-electron chi connectivity index (χ3n) is 3.66. The zero-order valence-electron chi connectivity index (χ0n) is 10.3. The third kappa shape index (κ3) is 1.61. The molecule has 1 aliphatic heterocycles. The van der Waals surface area contributed by atoms with Gasteiger partial charge < -0.3 is 10.5 Å². The number of aromatic nitrogens is 1. The Bertz CT molecular complexity index is 648. The molecule has 2 atom stereocenters. The minimum atomic E-state index is -0.0204. The highest BCUT2D eigenvalue weighted by atomic mass is 16.5. The highest BCUT2D eigenvalue weighted by molar-refractivity contribution is 5.83. The number of benzene rings is 1. The van der Waals surface area contributed by atoms with Gasteiger partial charge >= 0.3 is 0 Å². The highest BCUT2D eigenvalue weighted by Crippen LogP contribution is 2.27. The Morgan fingerprint density at radius 3 is 2.89 bits per heavy atom. The Kier molecular flexibility index (Phi) is 2.59. The van der Waals surface area contributed by atoms with Gasteiger partial charge in [0.05, 0.1) is 12.1 Å². The first kappa shape index (κ1) is 11.3. The van der Waals surface area contributed by atoms with Gasteiger partial charge in [0.15, 0.2) is 0 Å². The lowest BCUT2D eigenvalue weighted by molar-refractivity contribution is 0.107. The van der Waals surface area contributed by atoms with E-state index < -0.39 is 0 Å². The molecule has 0 radical (unpaired) electrons. The molecule has 4 nitrogen and oxygen atoms in total. The number of anilines is 1. The second-order valence-corrected chi connectivity index (χ2v) is 4.76. The van der Waals surface area contributed by atoms with Crippen LogP contribution in [0, 0.1) is 0 Å². The van der Waals surface area contributed by atoms with Gasteiger partial charge in [-0.3, -0.25) is 9.36 Å². The van der Waals surface area contributed by atoms with Gasteiger partial charge in [-0.1, -0.05) is 18.2 Å². The van der Waals surface area contributed by atoms with Gasteiger partial charge in [-0.2, -0.15) is 0 Å². The van der Waals surface area contributed by atoms with Crippen molar-refractivity contribution in [2.45, 2.75) is 25.5 Å². The van der Waals surface area contributed by atoms with Crippen LogP contribution in [0.2, 0.25) is 0 Å². The topological polar surface area (TPSA) is 57.2 Å². The molecule has 0 bridgehead atoms. The smallest absolute Gasteiger partial charge is 0.260 e. The van der Waals surface area contributed by atoms with Crippen LogP contribution >= 0.6 is 0 Å². The van der Waals surface area contributed by atoms with E-state index in [4.69, 9.17) is 10.5 Å². The van der Waals surface area contributed by atoms with Crippen LogP contribution in [0.1, 0.15) is 19.4 Å². The van der Waals surface area contributed by atoms with Gasteiger partial charge in [0.2, 0.25) is 0 Å². The Morgan fingerprint density at radius 1 is 1.39 bits per heavy atom. The minimum Gasteiger partial charge on any atom is -0.385 e. The molecular formula is C14H16N2O2. The summed E-state index contributed by atoms with van der Waals surface area (Å²) in [5.41, 5.74) is 6.02. The van der Waals surface area contributed by atoms with E-state index in [2.05, 4.69) is 0 Å². The quantitative estimate of drug-likeness (QED) is 0.834.